The van der Waals surface area contributed by atoms with Crippen molar-refractivity contribution in [2.45, 2.75) is 26.4 Å². The van der Waals surface area contributed by atoms with Crippen molar-refractivity contribution >= 4 is 5.71 Å². The van der Waals surface area contributed by atoms with Crippen molar-refractivity contribution in [3.05, 3.63) is 23.9 Å². The van der Waals surface area contributed by atoms with Gasteiger partial charge in [0.2, 0.25) is 0 Å². The van der Waals surface area contributed by atoms with Crippen LogP contribution >= 0.6 is 0 Å². The SMILES string of the molecule is C/C=C1\CC=CC([C@@H](C)OCOC)=N1. The van der Waals surface area contributed by atoms with Gasteiger partial charge < -0.3 is 9.47 Å². The highest BCUT2D eigenvalue weighted by Gasteiger charge is 2.11. The van der Waals surface area contributed by atoms with E-state index < -0.39 is 0 Å². The molecule has 78 valence electrons. The van der Waals surface area contributed by atoms with Crippen molar-refractivity contribution < 1.29 is 9.47 Å². The summed E-state index contributed by atoms with van der Waals surface area (Å²) in [4.78, 5) is 4.46. The molecule has 0 aromatic heterocycles. The quantitative estimate of drug-likeness (QED) is 0.644. The number of allylic oxidation sites excluding steroid dienone is 2. The Balaban J connectivity index is 2.58. The van der Waals surface area contributed by atoms with Gasteiger partial charge in [-0.1, -0.05) is 12.2 Å². The van der Waals surface area contributed by atoms with Crippen LogP contribution in [0.25, 0.3) is 0 Å². The molecule has 0 aromatic carbocycles. The molecule has 14 heavy (non-hydrogen) atoms. The topological polar surface area (TPSA) is 30.8 Å². The molecule has 3 heteroatoms. The van der Waals surface area contributed by atoms with Gasteiger partial charge in [0, 0.05) is 19.2 Å². The fourth-order valence-electron chi connectivity index (χ4n) is 1.21. The van der Waals surface area contributed by atoms with E-state index in [9.17, 15) is 0 Å². The third-order valence-electron chi connectivity index (χ3n) is 2.07. The molecule has 1 aliphatic rings. The van der Waals surface area contributed by atoms with Crippen molar-refractivity contribution in [2.24, 2.45) is 4.99 Å². The summed E-state index contributed by atoms with van der Waals surface area (Å²) in [6.07, 6.45) is 7.03. The molecule has 0 spiro atoms. The van der Waals surface area contributed by atoms with Gasteiger partial charge in [-0.25, -0.2) is 0 Å². The largest absolute Gasteiger partial charge is 0.359 e. The molecule has 0 unspecified atom stereocenters. The average Bonchev–Trinajstić information content (AvgIpc) is 2.26. The molecule has 0 saturated carbocycles. The molecule has 0 saturated heterocycles. The first-order chi connectivity index (χ1) is 6.77. The smallest absolute Gasteiger partial charge is 0.147 e. The average molecular weight is 195 g/mol. The molecule has 1 atom stereocenters. The van der Waals surface area contributed by atoms with Gasteiger partial charge in [-0.15, -0.1) is 0 Å². The summed E-state index contributed by atoms with van der Waals surface area (Å²) in [5, 5.41) is 0. The van der Waals surface area contributed by atoms with E-state index >= 15 is 0 Å². The molecule has 0 N–H and O–H groups in total. The van der Waals surface area contributed by atoms with Gasteiger partial charge in [-0.2, -0.15) is 0 Å². The fraction of sp³-hybridized carbons (Fsp3) is 0.545. The highest BCUT2D eigenvalue weighted by atomic mass is 16.7. The third kappa shape index (κ3) is 3.09. The summed E-state index contributed by atoms with van der Waals surface area (Å²) in [6, 6.07) is 0. The van der Waals surface area contributed by atoms with E-state index in [1.54, 1.807) is 7.11 Å². The highest BCUT2D eigenvalue weighted by molar-refractivity contribution is 5.99. The van der Waals surface area contributed by atoms with Gasteiger partial charge >= 0.3 is 0 Å². The van der Waals surface area contributed by atoms with Crippen LogP contribution in [0.2, 0.25) is 0 Å². The molecule has 0 fully saturated rings. The molecule has 0 amide bonds. The number of hydrogen-bond donors (Lipinski definition) is 0. The van der Waals surface area contributed by atoms with Crippen LogP contribution in [0.3, 0.4) is 0 Å². The van der Waals surface area contributed by atoms with Gasteiger partial charge in [-0.3, -0.25) is 4.99 Å². The van der Waals surface area contributed by atoms with E-state index in [2.05, 4.69) is 11.1 Å². The lowest BCUT2D eigenvalue weighted by atomic mass is 10.1. The van der Waals surface area contributed by atoms with Crippen LogP contribution in [0.5, 0.6) is 0 Å². The molecule has 0 radical (unpaired) electrons. The Bertz CT molecular complexity index is 266. The number of dihydropyridines is 1. The van der Waals surface area contributed by atoms with E-state index in [1.165, 1.54) is 0 Å². The minimum atomic E-state index is -0.0125. The predicted molar refractivity (Wildman–Crippen MR) is 57.4 cm³/mol. The van der Waals surface area contributed by atoms with Crippen molar-refractivity contribution in [2.75, 3.05) is 13.9 Å². The Morgan fingerprint density at radius 1 is 1.64 bits per heavy atom. The normalized spacial score (nSPS) is 21.1. The van der Waals surface area contributed by atoms with Crippen molar-refractivity contribution in [3.8, 4) is 0 Å². The molecule has 1 heterocycles. The maximum absolute atomic E-state index is 5.39. The van der Waals surface area contributed by atoms with E-state index in [0.717, 1.165) is 17.8 Å². The van der Waals surface area contributed by atoms with Crippen molar-refractivity contribution in [1.82, 2.24) is 0 Å². The minimum absolute atomic E-state index is 0.0125. The van der Waals surface area contributed by atoms with E-state index in [4.69, 9.17) is 9.47 Å². The Morgan fingerprint density at radius 3 is 3.07 bits per heavy atom. The molecule has 0 bridgehead atoms. The second kappa shape index (κ2) is 5.73. The lowest BCUT2D eigenvalue weighted by Gasteiger charge is -2.15. The lowest BCUT2D eigenvalue weighted by molar-refractivity contribution is -0.0432. The van der Waals surface area contributed by atoms with Crippen LogP contribution in [0.1, 0.15) is 20.3 Å². The van der Waals surface area contributed by atoms with Gasteiger partial charge in [0.25, 0.3) is 0 Å². The van der Waals surface area contributed by atoms with Crippen LogP contribution in [0, 0.1) is 0 Å². The van der Waals surface area contributed by atoms with E-state index in [0.29, 0.717) is 6.79 Å². The molecular formula is C11H17NO2. The molecular weight excluding hydrogens is 178 g/mol. The summed E-state index contributed by atoms with van der Waals surface area (Å²) < 4.78 is 10.2. The summed E-state index contributed by atoms with van der Waals surface area (Å²) in [6.45, 7) is 4.27. The number of aliphatic imine (C=N–C) groups is 1. The standard InChI is InChI=1S/C11H17NO2/c1-4-10-6-5-7-11(12-10)9(2)14-8-13-3/h4-5,7,9H,6,8H2,1-3H3/b10-4+/t9-/m1/s1. The minimum Gasteiger partial charge on any atom is -0.359 e. The van der Waals surface area contributed by atoms with Crippen LogP contribution in [-0.2, 0) is 9.47 Å². The molecule has 3 nitrogen and oxygen atoms in total. The van der Waals surface area contributed by atoms with Crippen molar-refractivity contribution in [1.29, 1.82) is 0 Å². The Kier molecular flexibility index (Phi) is 4.56. The highest BCUT2D eigenvalue weighted by Crippen LogP contribution is 2.13. The first kappa shape index (κ1) is 11.1. The Hall–Kier alpha value is -0.930. The summed E-state index contributed by atoms with van der Waals surface area (Å²) in [5.41, 5.74) is 2.05. The first-order valence-electron chi connectivity index (χ1n) is 4.78. The first-order valence-corrected chi connectivity index (χ1v) is 4.78. The van der Waals surface area contributed by atoms with Gasteiger partial charge in [-0.05, 0) is 19.9 Å². The number of hydrogen-bond acceptors (Lipinski definition) is 3. The summed E-state index contributed by atoms with van der Waals surface area (Å²) in [5.74, 6) is 0. The summed E-state index contributed by atoms with van der Waals surface area (Å²) >= 11 is 0. The number of ether oxygens (including phenoxy) is 2. The summed E-state index contributed by atoms with van der Waals surface area (Å²) in [7, 11) is 1.61. The third-order valence-corrected chi connectivity index (χ3v) is 2.07. The van der Waals surface area contributed by atoms with Gasteiger partial charge in [0.05, 0.1) is 11.8 Å². The van der Waals surface area contributed by atoms with Crippen LogP contribution in [0.15, 0.2) is 28.9 Å². The van der Waals surface area contributed by atoms with Crippen LogP contribution < -0.4 is 0 Å². The monoisotopic (exact) mass is 195 g/mol. The maximum atomic E-state index is 5.39. The lowest BCUT2D eigenvalue weighted by Crippen LogP contribution is -2.21. The zero-order chi connectivity index (χ0) is 10.4. The van der Waals surface area contributed by atoms with Crippen molar-refractivity contribution in [3.63, 3.8) is 0 Å². The molecule has 0 aliphatic carbocycles. The maximum Gasteiger partial charge on any atom is 0.147 e. The number of nitrogens with zero attached hydrogens (tertiary/aromatic N) is 1. The second-order valence-corrected chi connectivity index (χ2v) is 3.14. The van der Waals surface area contributed by atoms with Crippen LogP contribution in [-0.4, -0.2) is 25.7 Å². The van der Waals surface area contributed by atoms with Gasteiger partial charge in [0.1, 0.15) is 6.79 Å². The predicted octanol–water partition coefficient (Wildman–Crippen LogP) is 2.30. The van der Waals surface area contributed by atoms with E-state index in [-0.39, 0.29) is 6.10 Å². The van der Waals surface area contributed by atoms with E-state index in [1.807, 2.05) is 26.0 Å². The van der Waals surface area contributed by atoms with Gasteiger partial charge in [0.15, 0.2) is 0 Å². The Morgan fingerprint density at radius 2 is 2.43 bits per heavy atom. The van der Waals surface area contributed by atoms with Crippen LogP contribution in [0.4, 0.5) is 0 Å². The fourth-order valence-corrected chi connectivity index (χ4v) is 1.21. The second-order valence-electron chi connectivity index (χ2n) is 3.14. The molecule has 1 aliphatic heterocycles. The zero-order valence-corrected chi connectivity index (χ0v) is 8.99. The number of rotatable bonds is 4. The molecule has 1 rings (SSSR count). The zero-order valence-electron chi connectivity index (χ0n) is 8.99. The number of methoxy groups -OCH3 is 1. The molecule has 0 aromatic rings. The Labute approximate surface area is 85.1 Å².